The van der Waals surface area contributed by atoms with Gasteiger partial charge in [0.2, 0.25) is 5.91 Å². The molecule has 0 atom stereocenters. The Kier molecular flexibility index (Phi) is 9.55. The Balaban J connectivity index is 0.00000264. The second kappa shape index (κ2) is 10.0. The minimum Gasteiger partial charge on any atom is -0.355 e. The first-order chi connectivity index (χ1) is 10.4. The summed E-state index contributed by atoms with van der Waals surface area (Å²) < 4.78 is 0. The highest BCUT2D eigenvalue weighted by Crippen LogP contribution is 2.24. The molecule has 0 radical (unpaired) electrons. The van der Waals surface area contributed by atoms with Crippen LogP contribution in [0.1, 0.15) is 26.7 Å². The standard InChI is InChI=1S/C16H27N5O.2ClH/c1-16(2,11-17)12-20(3)15(22)13-4-8-21(9-5-13)14-10-18-6-7-19-14;;/h6-7,10,13H,4-5,8-9,11-12,17H2,1-3H3;2*1H. The van der Waals surface area contributed by atoms with Gasteiger partial charge in [-0.3, -0.25) is 9.78 Å². The van der Waals surface area contributed by atoms with Gasteiger partial charge in [-0.15, -0.1) is 24.8 Å². The molecule has 0 spiro atoms. The maximum atomic E-state index is 12.6. The molecule has 24 heavy (non-hydrogen) atoms. The summed E-state index contributed by atoms with van der Waals surface area (Å²) >= 11 is 0. The fourth-order valence-corrected chi connectivity index (χ4v) is 2.91. The van der Waals surface area contributed by atoms with Crippen molar-refractivity contribution in [1.29, 1.82) is 0 Å². The van der Waals surface area contributed by atoms with E-state index in [2.05, 4.69) is 28.7 Å². The number of hydrogen-bond acceptors (Lipinski definition) is 5. The summed E-state index contributed by atoms with van der Waals surface area (Å²) in [5, 5.41) is 0. The number of carbonyl (C=O) groups excluding carboxylic acids is 1. The summed E-state index contributed by atoms with van der Waals surface area (Å²) in [4.78, 5) is 25.0. The van der Waals surface area contributed by atoms with E-state index in [9.17, 15) is 4.79 Å². The van der Waals surface area contributed by atoms with Crippen LogP contribution >= 0.6 is 24.8 Å². The number of anilines is 1. The van der Waals surface area contributed by atoms with Gasteiger partial charge in [0.15, 0.2) is 0 Å². The Bertz CT molecular complexity index is 493. The summed E-state index contributed by atoms with van der Waals surface area (Å²) in [6, 6.07) is 0. The molecule has 1 aromatic heterocycles. The minimum atomic E-state index is -0.0370. The van der Waals surface area contributed by atoms with E-state index in [-0.39, 0.29) is 42.1 Å². The fourth-order valence-electron chi connectivity index (χ4n) is 2.91. The van der Waals surface area contributed by atoms with Crippen LogP contribution in [0.15, 0.2) is 18.6 Å². The molecule has 0 aromatic carbocycles. The van der Waals surface area contributed by atoms with Crippen LogP contribution in [0.4, 0.5) is 5.82 Å². The molecule has 0 unspecified atom stereocenters. The van der Waals surface area contributed by atoms with Gasteiger partial charge >= 0.3 is 0 Å². The van der Waals surface area contributed by atoms with E-state index in [1.807, 2.05) is 11.9 Å². The second-order valence-electron chi connectivity index (χ2n) is 6.89. The van der Waals surface area contributed by atoms with Crippen molar-refractivity contribution < 1.29 is 4.79 Å². The van der Waals surface area contributed by atoms with Crippen molar-refractivity contribution in [2.75, 3.05) is 38.1 Å². The topological polar surface area (TPSA) is 75.3 Å². The summed E-state index contributed by atoms with van der Waals surface area (Å²) in [6.07, 6.45) is 6.88. The van der Waals surface area contributed by atoms with Crippen molar-refractivity contribution >= 4 is 36.5 Å². The summed E-state index contributed by atoms with van der Waals surface area (Å²) in [7, 11) is 1.88. The summed E-state index contributed by atoms with van der Waals surface area (Å²) in [6.45, 7) is 7.16. The van der Waals surface area contributed by atoms with E-state index in [0.717, 1.165) is 31.7 Å². The predicted molar refractivity (Wildman–Crippen MR) is 102 cm³/mol. The normalized spacial score (nSPS) is 15.2. The molecule has 0 aliphatic carbocycles. The largest absolute Gasteiger partial charge is 0.355 e. The lowest BCUT2D eigenvalue weighted by Crippen LogP contribution is -2.45. The third kappa shape index (κ3) is 6.07. The number of hydrogen-bond donors (Lipinski definition) is 1. The molecule has 6 nitrogen and oxygen atoms in total. The zero-order valence-electron chi connectivity index (χ0n) is 14.6. The second-order valence-corrected chi connectivity index (χ2v) is 6.89. The van der Waals surface area contributed by atoms with E-state index in [1.165, 1.54) is 0 Å². The van der Waals surface area contributed by atoms with Crippen LogP contribution in [0.3, 0.4) is 0 Å². The average molecular weight is 378 g/mol. The van der Waals surface area contributed by atoms with E-state index < -0.39 is 0 Å². The number of nitrogens with two attached hydrogens (primary N) is 1. The molecule has 0 bridgehead atoms. The molecule has 1 amide bonds. The SMILES string of the molecule is CN(CC(C)(C)CN)C(=O)C1CCN(c2cnccn2)CC1.Cl.Cl. The zero-order chi connectivity index (χ0) is 16.2. The highest BCUT2D eigenvalue weighted by atomic mass is 35.5. The molecule has 1 aliphatic rings. The summed E-state index contributed by atoms with van der Waals surface area (Å²) in [5.41, 5.74) is 5.72. The van der Waals surface area contributed by atoms with Gasteiger partial charge in [-0.2, -0.15) is 0 Å². The van der Waals surface area contributed by atoms with Gasteiger partial charge in [0.25, 0.3) is 0 Å². The predicted octanol–water partition coefficient (Wildman–Crippen LogP) is 1.98. The maximum absolute atomic E-state index is 12.6. The van der Waals surface area contributed by atoms with Crippen molar-refractivity contribution in [3.63, 3.8) is 0 Å². The van der Waals surface area contributed by atoms with Crippen LogP contribution in [-0.2, 0) is 4.79 Å². The average Bonchev–Trinajstić information content (AvgIpc) is 2.55. The number of nitrogens with zero attached hydrogens (tertiary/aromatic N) is 4. The van der Waals surface area contributed by atoms with E-state index in [0.29, 0.717) is 13.1 Å². The molecule has 1 aliphatic heterocycles. The van der Waals surface area contributed by atoms with Crippen molar-refractivity contribution in [3.05, 3.63) is 18.6 Å². The van der Waals surface area contributed by atoms with Gasteiger partial charge in [0.05, 0.1) is 6.20 Å². The highest BCUT2D eigenvalue weighted by molar-refractivity contribution is 5.85. The molecule has 2 N–H and O–H groups in total. The highest BCUT2D eigenvalue weighted by Gasteiger charge is 2.29. The van der Waals surface area contributed by atoms with Gasteiger partial charge in [-0.1, -0.05) is 13.8 Å². The maximum Gasteiger partial charge on any atom is 0.225 e. The Hall–Kier alpha value is -1.11. The number of amides is 1. The molecular weight excluding hydrogens is 349 g/mol. The van der Waals surface area contributed by atoms with Gasteiger partial charge in [-0.05, 0) is 24.8 Å². The molecular formula is C16H29Cl2N5O. The number of rotatable bonds is 5. The molecule has 8 heteroatoms. The molecule has 1 aromatic rings. The van der Waals surface area contributed by atoms with Crippen LogP contribution in [0.2, 0.25) is 0 Å². The fraction of sp³-hybridized carbons (Fsp3) is 0.688. The Morgan fingerprint density at radius 3 is 2.46 bits per heavy atom. The minimum absolute atomic E-state index is 0. The first-order valence-electron chi connectivity index (χ1n) is 7.89. The number of halogens is 2. The lowest BCUT2D eigenvalue weighted by Gasteiger charge is -2.35. The van der Waals surface area contributed by atoms with Crippen molar-refractivity contribution in [3.8, 4) is 0 Å². The number of carbonyl (C=O) groups is 1. The molecule has 2 rings (SSSR count). The van der Waals surface area contributed by atoms with Crippen molar-refractivity contribution in [2.24, 2.45) is 17.1 Å². The van der Waals surface area contributed by atoms with Crippen LogP contribution in [0.25, 0.3) is 0 Å². The van der Waals surface area contributed by atoms with Crippen LogP contribution in [-0.4, -0.2) is 54.0 Å². The van der Waals surface area contributed by atoms with Crippen LogP contribution < -0.4 is 10.6 Å². The Morgan fingerprint density at radius 2 is 1.96 bits per heavy atom. The van der Waals surface area contributed by atoms with E-state index >= 15 is 0 Å². The quantitative estimate of drug-likeness (QED) is 0.848. The monoisotopic (exact) mass is 377 g/mol. The van der Waals surface area contributed by atoms with E-state index in [4.69, 9.17) is 5.73 Å². The lowest BCUT2D eigenvalue weighted by atomic mass is 9.91. The third-order valence-corrected chi connectivity index (χ3v) is 4.31. The van der Waals surface area contributed by atoms with Gasteiger partial charge in [-0.25, -0.2) is 4.98 Å². The Labute approximate surface area is 157 Å². The van der Waals surface area contributed by atoms with Crippen LogP contribution in [0, 0.1) is 11.3 Å². The number of piperidine rings is 1. The Morgan fingerprint density at radius 1 is 1.33 bits per heavy atom. The first kappa shape index (κ1) is 22.9. The number of aromatic nitrogens is 2. The first-order valence-corrected chi connectivity index (χ1v) is 7.89. The van der Waals surface area contributed by atoms with E-state index in [1.54, 1.807) is 18.6 Å². The molecule has 2 heterocycles. The van der Waals surface area contributed by atoms with Gasteiger partial charge < -0.3 is 15.5 Å². The van der Waals surface area contributed by atoms with Gasteiger partial charge in [0, 0.05) is 45.0 Å². The molecule has 0 saturated carbocycles. The lowest BCUT2D eigenvalue weighted by molar-refractivity contribution is -0.136. The van der Waals surface area contributed by atoms with Gasteiger partial charge in [0.1, 0.15) is 5.82 Å². The molecule has 138 valence electrons. The van der Waals surface area contributed by atoms with Crippen LogP contribution in [0.5, 0.6) is 0 Å². The smallest absolute Gasteiger partial charge is 0.225 e. The molecule has 1 saturated heterocycles. The molecule has 1 fully saturated rings. The third-order valence-electron chi connectivity index (χ3n) is 4.31. The van der Waals surface area contributed by atoms with Crippen molar-refractivity contribution in [1.82, 2.24) is 14.9 Å². The summed E-state index contributed by atoms with van der Waals surface area (Å²) in [5.74, 6) is 1.23. The zero-order valence-corrected chi connectivity index (χ0v) is 16.3. The van der Waals surface area contributed by atoms with Crippen molar-refractivity contribution in [2.45, 2.75) is 26.7 Å².